The number of fused-ring (bicyclic) bond motifs is 1. The molecule has 0 aromatic heterocycles. The van der Waals surface area contributed by atoms with Crippen LogP contribution in [0.5, 0.6) is 0 Å². The summed E-state index contributed by atoms with van der Waals surface area (Å²) in [6, 6.07) is 0. The van der Waals surface area contributed by atoms with E-state index in [0.29, 0.717) is 0 Å². The second-order valence-corrected chi connectivity index (χ2v) is 4.48. The number of rotatable bonds is 0. The lowest BCUT2D eigenvalue weighted by Gasteiger charge is -2.05. The van der Waals surface area contributed by atoms with E-state index in [0.717, 1.165) is 0 Å². The van der Waals surface area contributed by atoms with Crippen LogP contribution in [0.4, 0.5) is 0 Å². The zero-order valence-corrected chi connectivity index (χ0v) is 5.48. The summed E-state index contributed by atoms with van der Waals surface area (Å²) in [6.45, 7) is 0. The number of hydrogen-bond acceptors (Lipinski definition) is 0. The van der Waals surface area contributed by atoms with Crippen LogP contribution in [0.2, 0.25) is 11.1 Å². The Morgan fingerprint density at radius 2 is 1.57 bits per heavy atom. The number of hydrogen-bond donors (Lipinski definition) is 0. The van der Waals surface area contributed by atoms with Gasteiger partial charge in [0.1, 0.15) is 0 Å². The summed E-state index contributed by atoms with van der Waals surface area (Å²) in [5.41, 5.74) is 2.46. The molecule has 0 N–H and O–H groups in total. The van der Waals surface area contributed by atoms with Crippen molar-refractivity contribution >= 4 is 9.52 Å². The standard InChI is InChI=1S/C6H10Si/c1-2-4-6-5(3-1)7-6/h5-6H,1-4H2. The Morgan fingerprint density at radius 3 is 2.00 bits per heavy atom. The van der Waals surface area contributed by atoms with E-state index in [2.05, 4.69) is 0 Å². The van der Waals surface area contributed by atoms with Crippen molar-refractivity contribution in [2.45, 2.75) is 36.8 Å². The molecule has 1 aliphatic heterocycles. The molecule has 2 aliphatic rings. The molecule has 1 heterocycles. The first-order valence-electron chi connectivity index (χ1n) is 3.23. The van der Waals surface area contributed by atoms with Crippen LogP contribution in [0.15, 0.2) is 0 Å². The maximum atomic E-state index is 1.57. The van der Waals surface area contributed by atoms with Gasteiger partial charge in [0, 0.05) is 9.52 Å². The van der Waals surface area contributed by atoms with Crippen LogP contribution >= 0.6 is 0 Å². The SMILES string of the molecule is C1CCC2[Si]C2C1. The van der Waals surface area contributed by atoms with Crippen LogP contribution < -0.4 is 0 Å². The normalized spacial score (nSPS) is 48.0. The third-order valence-electron chi connectivity index (χ3n) is 2.08. The van der Waals surface area contributed by atoms with E-state index in [1.54, 1.807) is 12.8 Å². The first-order valence-corrected chi connectivity index (χ1v) is 4.38. The molecular weight excluding hydrogens is 100 g/mol. The average molecular weight is 110 g/mol. The Bertz CT molecular complexity index is 70.2. The average Bonchev–Trinajstić information content (AvgIpc) is 2.41. The van der Waals surface area contributed by atoms with Crippen LogP contribution in [0, 0.1) is 0 Å². The topological polar surface area (TPSA) is 0 Å². The summed E-state index contributed by atoms with van der Waals surface area (Å²) in [5.74, 6) is 0. The van der Waals surface area contributed by atoms with Crippen molar-refractivity contribution in [3.8, 4) is 0 Å². The molecule has 0 amide bonds. The quantitative estimate of drug-likeness (QED) is 0.417. The summed E-state index contributed by atoms with van der Waals surface area (Å²) < 4.78 is 0. The smallest absolute Gasteiger partial charge is 0.0448 e. The minimum absolute atomic E-state index is 1.23. The third-order valence-corrected chi connectivity index (χ3v) is 3.94. The third kappa shape index (κ3) is 0.633. The highest BCUT2D eigenvalue weighted by molar-refractivity contribution is 6.53. The molecule has 1 heteroatoms. The molecule has 0 nitrogen and oxygen atoms in total. The molecule has 7 heavy (non-hydrogen) atoms. The molecule has 1 saturated carbocycles. The Balaban J connectivity index is 1.95. The van der Waals surface area contributed by atoms with Gasteiger partial charge >= 0.3 is 0 Å². The second kappa shape index (κ2) is 1.34. The lowest BCUT2D eigenvalue weighted by molar-refractivity contribution is 0.561. The van der Waals surface area contributed by atoms with E-state index in [-0.39, 0.29) is 0 Å². The molecule has 0 aromatic carbocycles. The Morgan fingerprint density at radius 1 is 1.00 bits per heavy atom. The molecule has 0 spiro atoms. The van der Waals surface area contributed by atoms with Crippen molar-refractivity contribution in [2.24, 2.45) is 0 Å². The summed E-state index contributed by atoms with van der Waals surface area (Å²) in [5, 5.41) is 0. The summed E-state index contributed by atoms with van der Waals surface area (Å²) in [7, 11) is 1.38. The van der Waals surface area contributed by atoms with Crippen LogP contribution in [-0.2, 0) is 0 Å². The van der Waals surface area contributed by atoms with E-state index >= 15 is 0 Å². The molecule has 1 saturated heterocycles. The zero-order valence-electron chi connectivity index (χ0n) is 4.48. The molecule has 0 bridgehead atoms. The Labute approximate surface area is 47.1 Å². The highest BCUT2D eigenvalue weighted by atomic mass is 28.2. The van der Waals surface area contributed by atoms with Crippen LogP contribution in [-0.4, -0.2) is 9.52 Å². The molecule has 2 atom stereocenters. The van der Waals surface area contributed by atoms with E-state index in [1.807, 2.05) is 0 Å². The maximum Gasteiger partial charge on any atom is 0.0448 e. The zero-order chi connectivity index (χ0) is 4.69. The van der Waals surface area contributed by atoms with Gasteiger partial charge in [0.2, 0.25) is 0 Å². The first-order chi connectivity index (χ1) is 3.47. The summed E-state index contributed by atoms with van der Waals surface area (Å²) in [4.78, 5) is 0. The highest BCUT2D eigenvalue weighted by Crippen LogP contribution is 2.52. The van der Waals surface area contributed by atoms with Crippen LogP contribution in [0.3, 0.4) is 0 Å². The van der Waals surface area contributed by atoms with Crippen LogP contribution in [0.25, 0.3) is 0 Å². The lowest BCUT2D eigenvalue weighted by Crippen LogP contribution is -1.83. The van der Waals surface area contributed by atoms with Crippen molar-refractivity contribution in [1.82, 2.24) is 0 Å². The molecule has 2 rings (SSSR count). The molecule has 0 aromatic rings. The maximum absolute atomic E-state index is 1.57. The van der Waals surface area contributed by atoms with Crippen LogP contribution in [0.1, 0.15) is 25.7 Å². The van der Waals surface area contributed by atoms with Gasteiger partial charge in [0.25, 0.3) is 0 Å². The van der Waals surface area contributed by atoms with Gasteiger partial charge in [-0.15, -0.1) is 0 Å². The largest absolute Gasteiger partial charge is 0.0533 e. The van der Waals surface area contributed by atoms with Crippen molar-refractivity contribution in [2.75, 3.05) is 0 Å². The molecular formula is C6H10Si. The summed E-state index contributed by atoms with van der Waals surface area (Å²) in [6.07, 6.45) is 6.22. The van der Waals surface area contributed by atoms with Gasteiger partial charge in [0.15, 0.2) is 0 Å². The second-order valence-electron chi connectivity index (χ2n) is 2.66. The van der Waals surface area contributed by atoms with Gasteiger partial charge in [-0.25, -0.2) is 0 Å². The first kappa shape index (κ1) is 4.13. The van der Waals surface area contributed by atoms with Gasteiger partial charge in [-0.3, -0.25) is 0 Å². The van der Waals surface area contributed by atoms with Crippen molar-refractivity contribution in [3.05, 3.63) is 0 Å². The fourth-order valence-electron chi connectivity index (χ4n) is 1.52. The van der Waals surface area contributed by atoms with Gasteiger partial charge < -0.3 is 0 Å². The van der Waals surface area contributed by atoms with E-state index in [1.165, 1.54) is 33.4 Å². The molecule has 2 fully saturated rings. The Kier molecular flexibility index (Phi) is 0.794. The minimum atomic E-state index is 1.23. The highest BCUT2D eigenvalue weighted by Gasteiger charge is 2.38. The molecule has 1 aliphatic carbocycles. The fraction of sp³-hybridized carbons (Fsp3) is 1.00. The minimum Gasteiger partial charge on any atom is -0.0533 e. The van der Waals surface area contributed by atoms with E-state index in [4.69, 9.17) is 0 Å². The molecule has 38 valence electrons. The predicted octanol–water partition coefficient (Wildman–Crippen LogP) is 1.86. The van der Waals surface area contributed by atoms with Gasteiger partial charge in [0.05, 0.1) is 0 Å². The lowest BCUT2D eigenvalue weighted by atomic mass is 10.0. The Hall–Kier alpha value is 0.217. The van der Waals surface area contributed by atoms with Gasteiger partial charge in [-0.2, -0.15) is 0 Å². The van der Waals surface area contributed by atoms with E-state index < -0.39 is 0 Å². The fourth-order valence-corrected chi connectivity index (χ4v) is 3.03. The van der Waals surface area contributed by atoms with E-state index in [9.17, 15) is 0 Å². The summed E-state index contributed by atoms with van der Waals surface area (Å²) >= 11 is 0. The monoisotopic (exact) mass is 110 g/mol. The van der Waals surface area contributed by atoms with Crippen molar-refractivity contribution in [3.63, 3.8) is 0 Å². The predicted molar refractivity (Wildman–Crippen MR) is 31.7 cm³/mol. The van der Waals surface area contributed by atoms with Gasteiger partial charge in [-0.05, 0) is 11.1 Å². The molecule has 2 radical (unpaired) electrons. The van der Waals surface area contributed by atoms with Crippen molar-refractivity contribution < 1.29 is 0 Å². The van der Waals surface area contributed by atoms with Gasteiger partial charge in [-0.1, -0.05) is 25.7 Å². The van der Waals surface area contributed by atoms with Crippen molar-refractivity contribution in [1.29, 1.82) is 0 Å². The molecule has 2 unspecified atom stereocenters.